The first-order chi connectivity index (χ1) is 20.3. The number of rotatable bonds is 12. The third-order valence-electron chi connectivity index (χ3n) is 5.53. The van der Waals surface area contributed by atoms with Crippen molar-refractivity contribution in [1.29, 1.82) is 0 Å². The molecule has 0 fully saturated rings. The SMILES string of the molecule is C#C.C/C=C/c1nc(CCOc2ccc(CN(CC(C)=O)C(=O)Oc3ccc(OC)cc3)cc2)c(C)o1.C/C=C\CC. The topological polar surface area (TPSA) is 91.1 Å². The average molecular weight is 575 g/mol. The smallest absolute Gasteiger partial charge is 0.415 e. The zero-order valence-corrected chi connectivity index (χ0v) is 25.5. The maximum absolute atomic E-state index is 12.7. The van der Waals surface area contributed by atoms with Gasteiger partial charge in [-0.3, -0.25) is 9.69 Å². The van der Waals surface area contributed by atoms with Crippen LogP contribution in [0.1, 0.15) is 57.0 Å². The molecule has 2 aromatic carbocycles. The summed E-state index contributed by atoms with van der Waals surface area (Å²) in [6.07, 6.45) is 17.1. The molecule has 8 heteroatoms. The molecule has 0 saturated carbocycles. The standard InChI is InChI=1S/C27H30N2O6.C5H10.C2H2/c1-5-6-26-28-25(20(3)34-26)15-16-33-23-9-7-21(8-10-23)18-29(17-19(2)30)27(31)35-24-13-11-22(32-4)12-14-24;1-3-5-4-2;1-2/h5-14H,15-18H2,1-4H3;3,5H,4H2,1-2H3;1-2H/b6-5+;5-3-;. The number of hydrogen-bond donors (Lipinski definition) is 0. The van der Waals surface area contributed by atoms with Crippen molar-refractivity contribution in [3.8, 4) is 30.1 Å². The second kappa shape index (κ2) is 20.2. The minimum atomic E-state index is -0.606. The van der Waals surface area contributed by atoms with Gasteiger partial charge in [-0.25, -0.2) is 9.78 Å². The Labute approximate surface area is 250 Å². The van der Waals surface area contributed by atoms with Gasteiger partial charge in [0.1, 0.15) is 28.8 Å². The van der Waals surface area contributed by atoms with Gasteiger partial charge < -0.3 is 18.6 Å². The van der Waals surface area contributed by atoms with Crippen LogP contribution >= 0.6 is 0 Å². The number of Topliss-reactive ketones (excluding diaryl/α,β-unsaturated/α-hetero) is 1. The minimum Gasteiger partial charge on any atom is -0.497 e. The van der Waals surface area contributed by atoms with Crippen molar-refractivity contribution in [2.45, 2.75) is 54.0 Å². The summed E-state index contributed by atoms with van der Waals surface area (Å²) in [5, 5.41) is 0. The number of benzene rings is 2. The Morgan fingerprint density at radius 2 is 1.60 bits per heavy atom. The summed E-state index contributed by atoms with van der Waals surface area (Å²) < 4.78 is 22.0. The number of allylic oxidation sites excluding steroid dienone is 3. The van der Waals surface area contributed by atoms with Gasteiger partial charge in [-0.2, -0.15) is 0 Å². The maximum Gasteiger partial charge on any atom is 0.415 e. The molecule has 0 saturated heterocycles. The van der Waals surface area contributed by atoms with E-state index in [0.29, 0.717) is 36.2 Å². The summed E-state index contributed by atoms with van der Waals surface area (Å²) in [5.74, 6) is 2.95. The minimum absolute atomic E-state index is 0.0561. The molecule has 0 radical (unpaired) electrons. The molecule has 0 aliphatic carbocycles. The third kappa shape index (κ3) is 13.1. The largest absolute Gasteiger partial charge is 0.497 e. The molecular weight excluding hydrogens is 532 g/mol. The number of carbonyl (C=O) groups excluding carboxylic acids is 2. The third-order valence-corrected chi connectivity index (χ3v) is 5.53. The molecule has 42 heavy (non-hydrogen) atoms. The lowest BCUT2D eigenvalue weighted by molar-refractivity contribution is -0.117. The van der Waals surface area contributed by atoms with E-state index in [4.69, 9.17) is 18.6 Å². The summed E-state index contributed by atoms with van der Waals surface area (Å²) in [6.45, 7) is 10.0. The van der Waals surface area contributed by atoms with E-state index in [-0.39, 0.29) is 18.9 Å². The molecule has 0 spiro atoms. The van der Waals surface area contributed by atoms with Gasteiger partial charge in [0.15, 0.2) is 0 Å². The summed E-state index contributed by atoms with van der Waals surface area (Å²) in [6, 6.07) is 14.0. The number of carbonyl (C=O) groups is 2. The highest BCUT2D eigenvalue weighted by atomic mass is 16.6. The van der Waals surface area contributed by atoms with Crippen LogP contribution in [-0.4, -0.2) is 42.0 Å². The molecule has 8 nitrogen and oxygen atoms in total. The van der Waals surface area contributed by atoms with Crippen LogP contribution in [0.25, 0.3) is 6.08 Å². The second-order valence-corrected chi connectivity index (χ2v) is 8.88. The van der Waals surface area contributed by atoms with Crippen LogP contribution in [0.2, 0.25) is 0 Å². The van der Waals surface area contributed by atoms with Gasteiger partial charge in [-0.1, -0.05) is 37.3 Å². The fourth-order valence-electron chi connectivity index (χ4n) is 3.57. The van der Waals surface area contributed by atoms with Crippen LogP contribution in [0, 0.1) is 19.8 Å². The van der Waals surface area contributed by atoms with Crippen LogP contribution in [-0.2, 0) is 17.8 Å². The summed E-state index contributed by atoms with van der Waals surface area (Å²) >= 11 is 0. The Kier molecular flexibility index (Phi) is 16.9. The lowest BCUT2D eigenvalue weighted by Gasteiger charge is -2.21. The van der Waals surface area contributed by atoms with Crippen LogP contribution in [0.15, 0.2) is 71.2 Å². The summed E-state index contributed by atoms with van der Waals surface area (Å²) in [7, 11) is 1.56. The van der Waals surface area contributed by atoms with Crippen molar-refractivity contribution in [1.82, 2.24) is 9.88 Å². The summed E-state index contributed by atoms with van der Waals surface area (Å²) in [5.41, 5.74) is 1.71. The van der Waals surface area contributed by atoms with Gasteiger partial charge >= 0.3 is 6.09 Å². The van der Waals surface area contributed by atoms with Crippen LogP contribution < -0.4 is 14.2 Å². The first-order valence-corrected chi connectivity index (χ1v) is 13.6. The molecular formula is C34H42N2O6. The lowest BCUT2D eigenvalue weighted by atomic mass is 10.2. The van der Waals surface area contributed by atoms with Gasteiger partial charge in [0, 0.05) is 13.0 Å². The maximum atomic E-state index is 12.7. The molecule has 0 aliphatic heterocycles. The Morgan fingerprint density at radius 1 is 0.976 bits per heavy atom. The molecule has 0 unspecified atom stereocenters. The molecule has 3 rings (SSSR count). The highest BCUT2D eigenvalue weighted by molar-refractivity contribution is 5.82. The van der Waals surface area contributed by atoms with Crippen molar-refractivity contribution in [3.05, 3.63) is 89.7 Å². The molecule has 1 amide bonds. The zero-order chi connectivity index (χ0) is 31.3. The Hall–Kier alpha value is -4.77. The number of hydrogen-bond acceptors (Lipinski definition) is 7. The molecule has 0 aliphatic rings. The van der Waals surface area contributed by atoms with Crippen LogP contribution in [0.5, 0.6) is 17.2 Å². The van der Waals surface area contributed by atoms with Gasteiger partial charge in [-0.15, -0.1) is 12.8 Å². The van der Waals surface area contributed by atoms with E-state index in [2.05, 4.69) is 36.9 Å². The molecule has 1 aromatic heterocycles. The van der Waals surface area contributed by atoms with Crippen LogP contribution in [0.4, 0.5) is 4.79 Å². The first kappa shape index (κ1) is 35.3. The van der Waals surface area contributed by atoms with Gasteiger partial charge in [0.25, 0.3) is 0 Å². The number of ether oxygens (including phenoxy) is 3. The molecule has 0 bridgehead atoms. The van der Waals surface area contributed by atoms with Crippen molar-refractivity contribution >= 4 is 18.0 Å². The molecule has 0 N–H and O–H groups in total. The number of aryl methyl sites for hydroxylation is 1. The highest BCUT2D eigenvalue weighted by Crippen LogP contribution is 2.19. The number of terminal acetylenes is 1. The van der Waals surface area contributed by atoms with E-state index >= 15 is 0 Å². The van der Waals surface area contributed by atoms with E-state index in [1.165, 1.54) is 11.8 Å². The van der Waals surface area contributed by atoms with Crippen molar-refractivity contribution in [2.75, 3.05) is 20.3 Å². The number of oxazole rings is 1. The Balaban J connectivity index is 0.00000114. The fourth-order valence-corrected chi connectivity index (χ4v) is 3.57. The predicted octanol–water partition coefficient (Wildman–Crippen LogP) is 7.46. The van der Waals surface area contributed by atoms with E-state index in [1.54, 1.807) is 31.4 Å². The lowest BCUT2D eigenvalue weighted by Crippen LogP contribution is -2.36. The first-order valence-electron chi connectivity index (χ1n) is 13.6. The van der Waals surface area contributed by atoms with E-state index < -0.39 is 6.09 Å². The molecule has 3 aromatic rings. The van der Waals surface area contributed by atoms with E-state index in [0.717, 1.165) is 23.4 Å². The van der Waals surface area contributed by atoms with Crippen molar-refractivity contribution < 1.29 is 28.2 Å². The fraction of sp³-hybridized carbons (Fsp3) is 0.324. The van der Waals surface area contributed by atoms with Gasteiger partial charge in [0.2, 0.25) is 5.89 Å². The monoisotopic (exact) mass is 574 g/mol. The number of nitrogens with zero attached hydrogens (tertiary/aromatic N) is 2. The summed E-state index contributed by atoms with van der Waals surface area (Å²) in [4.78, 5) is 30.2. The molecule has 224 valence electrons. The molecule has 0 atom stereocenters. The Bertz CT molecular complexity index is 1290. The quantitative estimate of drug-likeness (QED) is 0.164. The van der Waals surface area contributed by atoms with E-state index in [1.807, 2.05) is 57.2 Å². The number of aromatic nitrogens is 1. The van der Waals surface area contributed by atoms with Crippen LogP contribution in [0.3, 0.4) is 0 Å². The Morgan fingerprint density at radius 3 is 2.12 bits per heavy atom. The number of amides is 1. The van der Waals surface area contributed by atoms with Gasteiger partial charge in [0.05, 0.1) is 26.0 Å². The van der Waals surface area contributed by atoms with Crippen molar-refractivity contribution in [2.24, 2.45) is 0 Å². The number of ketones is 1. The van der Waals surface area contributed by atoms with E-state index in [9.17, 15) is 9.59 Å². The second-order valence-electron chi connectivity index (χ2n) is 8.88. The number of methoxy groups -OCH3 is 1. The van der Waals surface area contributed by atoms with Crippen molar-refractivity contribution in [3.63, 3.8) is 0 Å². The van der Waals surface area contributed by atoms with Gasteiger partial charge in [-0.05, 0) is 82.2 Å². The normalized spacial score (nSPS) is 10.3. The zero-order valence-electron chi connectivity index (χ0n) is 25.5. The predicted molar refractivity (Wildman–Crippen MR) is 167 cm³/mol. The average Bonchev–Trinajstić information content (AvgIpc) is 3.34. The molecule has 1 heterocycles. The highest BCUT2D eigenvalue weighted by Gasteiger charge is 2.18.